The molecule has 2 rings (SSSR count). The second-order valence-corrected chi connectivity index (χ2v) is 3.90. The Labute approximate surface area is 104 Å². The molecule has 0 atom stereocenters. The predicted octanol–water partition coefficient (Wildman–Crippen LogP) is 3.71. The lowest BCUT2D eigenvalue weighted by atomic mass is 10.1. The summed E-state index contributed by atoms with van der Waals surface area (Å²) >= 11 is 5.77. The van der Waals surface area contributed by atoms with Crippen molar-refractivity contribution in [3.05, 3.63) is 52.8 Å². The molecule has 0 bridgehead atoms. The maximum atomic E-state index is 8.83. The molecule has 0 aliphatic heterocycles. The number of pyridine rings is 1. The van der Waals surface area contributed by atoms with Gasteiger partial charge in [-0.25, -0.2) is 4.98 Å². The number of ether oxygens (including phenoxy) is 1. The van der Waals surface area contributed by atoms with Crippen molar-refractivity contribution in [3.63, 3.8) is 0 Å². The average molecular weight is 245 g/mol. The van der Waals surface area contributed by atoms with Crippen molar-refractivity contribution in [1.29, 1.82) is 5.26 Å². The zero-order valence-corrected chi connectivity index (χ0v) is 9.90. The van der Waals surface area contributed by atoms with E-state index in [4.69, 9.17) is 21.6 Å². The molecule has 17 heavy (non-hydrogen) atoms. The van der Waals surface area contributed by atoms with Gasteiger partial charge in [0.2, 0.25) is 0 Å². The molecule has 4 heteroatoms. The van der Waals surface area contributed by atoms with Crippen LogP contribution in [0.4, 0.5) is 0 Å². The Morgan fingerprint density at radius 2 is 2.12 bits per heavy atom. The van der Waals surface area contributed by atoms with Gasteiger partial charge in [-0.05, 0) is 30.7 Å². The van der Waals surface area contributed by atoms with Crippen molar-refractivity contribution >= 4 is 11.6 Å². The highest BCUT2D eigenvalue weighted by Gasteiger charge is 2.03. The summed E-state index contributed by atoms with van der Waals surface area (Å²) in [6, 6.07) is 10.7. The Hall–Kier alpha value is -2.05. The van der Waals surface area contributed by atoms with Gasteiger partial charge in [0.25, 0.3) is 0 Å². The third-order valence-corrected chi connectivity index (χ3v) is 2.45. The summed E-state index contributed by atoms with van der Waals surface area (Å²) in [4.78, 5) is 3.87. The monoisotopic (exact) mass is 244 g/mol. The summed E-state index contributed by atoms with van der Waals surface area (Å²) in [6.45, 7) is 1.92. The smallest absolute Gasteiger partial charge is 0.132 e. The fourth-order valence-electron chi connectivity index (χ4n) is 1.35. The van der Waals surface area contributed by atoms with Crippen molar-refractivity contribution in [2.45, 2.75) is 6.92 Å². The number of halogens is 1. The predicted molar refractivity (Wildman–Crippen MR) is 65.2 cm³/mol. The molecule has 3 nitrogen and oxygen atoms in total. The molecule has 1 aromatic heterocycles. The minimum Gasteiger partial charge on any atom is -0.457 e. The molecule has 0 N–H and O–H groups in total. The molecule has 0 saturated carbocycles. The van der Waals surface area contributed by atoms with E-state index in [1.165, 1.54) is 0 Å². The molecule has 1 heterocycles. The zero-order chi connectivity index (χ0) is 12.3. The van der Waals surface area contributed by atoms with E-state index in [9.17, 15) is 0 Å². The van der Waals surface area contributed by atoms with Gasteiger partial charge in [0, 0.05) is 12.3 Å². The number of hydrogen-bond acceptors (Lipinski definition) is 3. The zero-order valence-electron chi connectivity index (χ0n) is 9.14. The number of rotatable bonds is 2. The first-order valence-electron chi connectivity index (χ1n) is 4.99. The lowest BCUT2D eigenvalue weighted by Crippen LogP contribution is -1.89. The van der Waals surface area contributed by atoms with E-state index in [1.54, 1.807) is 30.5 Å². The summed E-state index contributed by atoms with van der Waals surface area (Å²) in [5, 5.41) is 9.20. The fraction of sp³-hybridized carbons (Fsp3) is 0.0769. The average Bonchev–Trinajstić information content (AvgIpc) is 2.32. The van der Waals surface area contributed by atoms with E-state index in [-0.39, 0.29) is 0 Å². The molecule has 0 aliphatic rings. The van der Waals surface area contributed by atoms with Crippen LogP contribution in [0.2, 0.25) is 5.15 Å². The molecule has 0 amide bonds. The van der Waals surface area contributed by atoms with Gasteiger partial charge in [-0.1, -0.05) is 17.7 Å². The molecule has 84 valence electrons. The van der Waals surface area contributed by atoms with E-state index < -0.39 is 0 Å². The van der Waals surface area contributed by atoms with Crippen LogP contribution < -0.4 is 4.74 Å². The lowest BCUT2D eigenvalue weighted by Gasteiger charge is -2.08. The highest BCUT2D eigenvalue weighted by atomic mass is 35.5. The van der Waals surface area contributed by atoms with Gasteiger partial charge in [0.05, 0.1) is 11.6 Å². The Morgan fingerprint density at radius 3 is 2.82 bits per heavy atom. The van der Waals surface area contributed by atoms with Crippen molar-refractivity contribution in [1.82, 2.24) is 4.98 Å². The van der Waals surface area contributed by atoms with Crippen molar-refractivity contribution in [2.75, 3.05) is 0 Å². The van der Waals surface area contributed by atoms with Crippen LogP contribution in [0.15, 0.2) is 36.5 Å². The Balaban J connectivity index is 2.33. The van der Waals surface area contributed by atoms with Crippen molar-refractivity contribution in [2.24, 2.45) is 0 Å². The number of aromatic nitrogens is 1. The third-order valence-electron chi connectivity index (χ3n) is 2.24. The van der Waals surface area contributed by atoms with E-state index in [1.807, 2.05) is 13.0 Å². The van der Waals surface area contributed by atoms with Gasteiger partial charge >= 0.3 is 0 Å². The fourth-order valence-corrected chi connectivity index (χ4v) is 1.52. The van der Waals surface area contributed by atoms with Crippen LogP contribution in [0.1, 0.15) is 11.1 Å². The van der Waals surface area contributed by atoms with Gasteiger partial charge < -0.3 is 4.74 Å². The summed E-state index contributed by atoms with van der Waals surface area (Å²) in [5.74, 6) is 1.24. The normalized spacial score (nSPS) is 9.71. The SMILES string of the molecule is Cc1ccc(C#N)cc1Oc1ccnc(Cl)c1. The summed E-state index contributed by atoms with van der Waals surface area (Å²) in [7, 11) is 0. The molecule has 1 aromatic carbocycles. The van der Waals surface area contributed by atoms with Gasteiger partial charge in [-0.3, -0.25) is 0 Å². The molecule has 0 aliphatic carbocycles. The van der Waals surface area contributed by atoms with E-state index in [0.29, 0.717) is 22.2 Å². The van der Waals surface area contributed by atoms with Crippen LogP contribution in [0, 0.1) is 18.3 Å². The first kappa shape index (κ1) is 11.4. The minimum absolute atomic E-state index is 0.372. The Kier molecular flexibility index (Phi) is 3.27. The first-order valence-corrected chi connectivity index (χ1v) is 5.37. The van der Waals surface area contributed by atoms with Crippen LogP contribution in [0.3, 0.4) is 0 Å². The van der Waals surface area contributed by atoms with Crippen LogP contribution in [0.25, 0.3) is 0 Å². The Bertz CT molecular complexity index is 590. The van der Waals surface area contributed by atoms with Crippen LogP contribution in [-0.2, 0) is 0 Å². The molecule has 0 saturated heterocycles. The van der Waals surface area contributed by atoms with E-state index >= 15 is 0 Å². The standard InChI is InChI=1S/C13H9ClN2O/c1-9-2-3-10(8-15)6-12(9)17-11-4-5-16-13(14)7-11/h2-7H,1H3. The highest BCUT2D eigenvalue weighted by Crippen LogP contribution is 2.26. The molecule has 0 radical (unpaired) electrons. The number of hydrogen-bond donors (Lipinski definition) is 0. The maximum Gasteiger partial charge on any atom is 0.132 e. The number of nitriles is 1. The van der Waals surface area contributed by atoms with Crippen LogP contribution in [0.5, 0.6) is 11.5 Å². The largest absolute Gasteiger partial charge is 0.457 e. The van der Waals surface area contributed by atoms with Crippen LogP contribution >= 0.6 is 11.6 Å². The lowest BCUT2D eigenvalue weighted by molar-refractivity contribution is 0.478. The second kappa shape index (κ2) is 4.86. The van der Waals surface area contributed by atoms with E-state index in [2.05, 4.69) is 11.1 Å². The summed E-state index contributed by atoms with van der Waals surface area (Å²) in [6.07, 6.45) is 1.57. The van der Waals surface area contributed by atoms with Crippen LogP contribution in [-0.4, -0.2) is 4.98 Å². The van der Waals surface area contributed by atoms with Crippen molar-refractivity contribution in [3.8, 4) is 17.6 Å². The van der Waals surface area contributed by atoms with E-state index in [0.717, 1.165) is 5.56 Å². The van der Waals surface area contributed by atoms with Gasteiger partial charge in [-0.15, -0.1) is 0 Å². The maximum absolute atomic E-state index is 8.83. The number of benzene rings is 1. The minimum atomic E-state index is 0.372. The van der Waals surface area contributed by atoms with Gasteiger partial charge in [0.15, 0.2) is 0 Å². The first-order chi connectivity index (χ1) is 8.19. The van der Waals surface area contributed by atoms with Gasteiger partial charge in [-0.2, -0.15) is 5.26 Å². The molecular formula is C13H9ClN2O. The molecule has 0 spiro atoms. The molecule has 0 fully saturated rings. The second-order valence-electron chi connectivity index (χ2n) is 3.51. The number of aryl methyl sites for hydroxylation is 1. The highest BCUT2D eigenvalue weighted by molar-refractivity contribution is 6.29. The quantitative estimate of drug-likeness (QED) is 0.757. The summed E-state index contributed by atoms with van der Waals surface area (Å²) < 4.78 is 5.66. The molecular weight excluding hydrogens is 236 g/mol. The Morgan fingerprint density at radius 1 is 1.29 bits per heavy atom. The third kappa shape index (κ3) is 2.74. The number of nitrogens with zero attached hydrogens (tertiary/aromatic N) is 2. The molecule has 0 unspecified atom stereocenters. The summed E-state index contributed by atoms with van der Waals surface area (Å²) in [5.41, 5.74) is 1.52. The molecule has 2 aromatic rings. The van der Waals surface area contributed by atoms with Gasteiger partial charge in [0.1, 0.15) is 16.7 Å². The topological polar surface area (TPSA) is 45.9 Å². The van der Waals surface area contributed by atoms with Crippen molar-refractivity contribution < 1.29 is 4.74 Å².